The van der Waals surface area contributed by atoms with E-state index in [1.165, 1.54) is 0 Å². The van der Waals surface area contributed by atoms with Gasteiger partial charge in [0.05, 0.1) is 0 Å². The van der Waals surface area contributed by atoms with Gasteiger partial charge in [0, 0.05) is 0 Å². The van der Waals surface area contributed by atoms with Crippen LogP contribution in [0, 0.1) is 5.41 Å². The Balaban J connectivity index is 0. The van der Waals surface area contributed by atoms with Crippen LogP contribution in [-0.4, -0.2) is 26.1 Å². The molecular weight excluding hydrogens is 393 g/mol. The maximum absolute atomic E-state index is 5.50. The van der Waals surface area contributed by atoms with Crippen molar-refractivity contribution in [2.45, 2.75) is 0 Å². The van der Waals surface area contributed by atoms with Crippen molar-refractivity contribution in [1.29, 1.82) is 5.41 Å². The van der Waals surface area contributed by atoms with Crippen molar-refractivity contribution in [1.82, 2.24) is 0 Å². The molecule has 0 amide bonds. The molecule has 0 aromatic rings. The molecule has 0 heterocycles. The number of nitrogens with one attached hydrogen (secondary N) is 1. The van der Waals surface area contributed by atoms with Crippen LogP contribution in [0.2, 0.25) is 0 Å². The Morgan fingerprint density at radius 2 is 1.40 bits per heavy atom. The molecule has 1 N–H and O–H groups in total. The van der Waals surface area contributed by atoms with E-state index in [-0.39, 0.29) is 19.4 Å². The normalized spacial score (nSPS) is 4.40. The van der Waals surface area contributed by atoms with Gasteiger partial charge < -0.3 is 5.41 Å². The fourth-order valence-corrected chi connectivity index (χ4v) is 0. The van der Waals surface area contributed by atoms with E-state index in [4.69, 9.17) is 5.41 Å². The van der Waals surface area contributed by atoms with Crippen LogP contribution in [0.15, 0.2) is 0 Å². The molecule has 0 saturated carbocycles. The van der Waals surface area contributed by atoms with Gasteiger partial charge in [-0.1, -0.05) is 0 Å². The van der Waals surface area contributed by atoms with Crippen molar-refractivity contribution < 1.29 is 0 Å². The van der Waals surface area contributed by atoms with Crippen LogP contribution >= 0.6 is 24.0 Å². The Bertz CT molecular complexity index is 13.6. The van der Waals surface area contributed by atoms with E-state index in [1.54, 1.807) is 0 Å². The quantitative estimate of drug-likeness (QED) is 0.475. The van der Waals surface area contributed by atoms with Gasteiger partial charge in [-0.05, 0) is 6.72 Å². The van der Waals surface area contributed by atoms with Crippen molar-refractivity contribution in [2.24, 2.45) is 0 Å². The molecule has 0 aromatic heterocycles. The average Bonchev–Trinajstić information content (AvgIpc) is 1.46. The molecule has 0 atom stereocenters. The van der Waals surface area contributed by atoms with Crippen LogP contribution in [0.1, 0.15) is 0 Å². The first-order chi connectivity index (χ1) is 2.41. The summed E-state index contributed by atoms with van der Waals surface area (Å²) in [5, 5.41) is 5.50. The van der Waals surface area contributed by atoms with E-state index >= 15 is 0 Å². The zero-order valence-corrected chi connectivity index (χ0v) is 9.52. The zero-order valence-electron chi connectivity index (χ0n) is 2.46. The van der Waals surface area contributed by atoms with E-state index in [0.717, 1.165) is 0 Å². The van der Waals surface area contributed by atoms with Gasteiger partial charge >= 0.3 is 43.4 Å². The Hall–Kier alpha value is 1.55. The zero-order chi connectivity index (χ0) is 4.71. The third-order valence-electron chi connectivity index (χ3n) is 0. The Morgan fingerprint density at radius 3 is 1.40 bits per heavy atom. The van der Waals surface area contributed by atoms with Crippen molar-refractivity contribution in [3.63, 3.8) is 0 Å². The summed E-state index contributed by atoms with van der Waals surface area (Å²) in [6, 6.07) is 0. The third kappa shape index (κ3) is 29.1. The van der Waals surface area contributed by atoms with Gasteiger partial charge in [0.1, 0.15) is 0 Å². The number of hydrogen-bond donors (Lipinski definition) is 1. The summed E-state index contributed by atoms with van der Waals surface area (Å²) in [7, 11) is 0. The summed E-state index contributed by atoms with van der Waals surface area (Å²) >= 11 is 6.22. The van der Waals surface area contributed by atoms with Gasteiger partial charge in [0.2, 0.25) is 0 Å². The van der Waals surface area contributed by atoms with Crippen LogP contribution in [-0.2, 0) is 0 Å². The predicted molar refractivity (Wildman–Crippen MR) is 33.4 cm³/mol. The van der Waals surface area contributed by atoms with E-state index in [2.05, 4.69) is 30.7 Å². The molecule has 0 fully saturated rings. The molecule has 0 aliphatic rings. The summed E-state index contributed by atoms with van der Waals surface area (Å²) in [5.41, 5.74) is 0. The average molecular weight is 396 g/mol. The van der Waals surface area contributed by atoms with Crippen LogP contribution in [0.25, 0.3) is 0 Å². The maximum atomic E-state index is 5.50. The van der Waals surface area contributed by atoms with E-state index < -0.39 is 0 Å². The van der Waals surface area contributed by atoms with Crippen molar-refractivity contribution >= 4 is 50.1 Å². The fourth-order valence-electron chi connectivity index (χ4n) is 0. The molecule has 0 saturated heterocycles. The molecule has 0 aromatic carbocycles. The summed E-state index contributed by atoms with van der Waals surface area (Å²) < 4.78 is 0. The second kappa shape index (κ2) is 17.7. The fraction of sp³-hybridized carbons (Fsp3) is 0. The van der Waals surface area contributed by atoms with Crippen LogP contribution in [0.3, 0.4) is 0 Å². The molecule has 0 unspecified atom stereocenters. The van der Waals surface area contributed by atoms with E-state index in [0.29, 0.717) is 0 Å². The van der Waals surface area contributed by atoms with Gasteiger partial charge in [-0.15, -0.1) is 0 Å². The van der Waals surface area contributed by atoms with Crippen molar-refractivity contribution in [2.75, 3.05) is 0 Å². The topological polar surface area (TPSA) is 23.9 Å². The Morgan fingerprint density at radius 1 is 1.40 bits per heavy atom. The summed E-state index contributed by atoms with van der Waals surface area (Å²) in [6.45, 7) is 2.50. The second-order valence-corrected chi connectivity index (χ2v) is 16.9. The third-order valence-corrected chi connectivity index (χ3v) is 0. The molecule has 4 heteroatoms. The second-order valence-electron chi connectivity index (χ2n) is 0.0714. The summed E-state index contributed by atoms with van der Waals surface area (Å²) in [6.07, 6.45) is 0. The molecule has 30 valence electrons. The molecule has 5 heavy (non-hydrogen) atoms. The molecule has 0 rings (SSSR count). The first kappa shape index (κ1) is 9.75. The minimum atomic E-state index is -0.292. The summed E-state index contributed by atoms with van der Waals surface area (Å²) in [5.74, 6) is 0. The molecule has 0 bridgehead atoms. The number of hydrogen-bond acceptors (Lipinski definition) is 1. The predicted octanol–water partition coefficient (Wildman–Crippen LogP) is 1.58. The molecule has 1 nitrogen and oxygen atoms in total. The Kier molecular flexibility index (Phi) is 34.4. The van der Waals surface area contributed by atoms with Gasteiger partial charge in [-0.3, -0.25) is 0 Å². The van der Waals surface area contributed by atoms with Gasteiger partial charge in [-0.2, -0.15) is 0 Å². The van der Waals surface area contributed by atoms with Crippen molar-refractivity contribution in [3.05, 3.63) is 0 Å². The molecular formula is CH3Br2NPb. The Labute approximate surface area is 54.9 Å². The molecule has 0 aliphatic carbocycles. The molecule has 0 aliphatic heterocycles. The molecule has 0 spiro atoms. The van der Waals surface area contributed by atoms with Crippen LogP contribution in [0.4, 0.5) is 0 Å². The number of rotatable bonds is 0. The van der Waals surface area contributed by atoms with E-state index in [9.17, 15) is 0 Å². The SMILES string of the molecule is C=N.[Br][Pb][Br]. The first-order valence-corrected chi connectivity index (χ1v) is 17.6. The van der Waals surface area contributed by atoms with Crippen LogP contribution in [0.5, 0.6) is 0 Å². The minimum absolute atomic E-state index is 0.292. The molecule has 2 radical (unpaired) electrons. The standard InChI is InChI=1S/CH3N.2BrH.Pb/c1-2;;;/h2H,1H2;2*1H;/q;;;+2/p-2. The van der Waals surface area contributed by atoms with Gasteiger partial charge in [0.25, 0.3) is 0 Å². The van der Waals surface area contributed by atoms with Gasteiger partial charge in [-0.25, -0.2) is 0 Å². The first-order valence-electron chi connectivity index (χ1n) is 0.732. The van der Waals surface area contributed by atoms with Gasteiger partial charge in [0.15, 0.2) is 0 Å². The number of halogens is 2. The van der Waals surface area contributed by atoms with E-state index in [1.807, 2.05) is 0 Å². The van der Waals surface area contributed by atoms with Crippen LogP contribution < -0.4 is 0 Å². The monoisotopic (exact) mass is 395 g/mol. The summed E-state index contributed by atoms with van der Waals surface area (Å²) in [4.78, 5) is 0. The van der Waals surface area contributed by atoms with Crippen molar-refractivity contribution in [3.8, 4) is 0 Å².